The summed E-state index contributed by atoms with van der Waals surface area (Å²) in [5.41, 5.74) is 4.71. The van der Waals surface area contributed by atoms with Crippen LogP contribution in [0.15, 0.2) is 48.5 Å². The van der Waals surface area contributed by atoms with Gasteiger partial charge in [0.2, 0.25) is 6.41 Å². The summed E-state index contributed by atoms with van der Waals surface area (Å²) in [5.74, 6) is 0.874. The first kappa shape index (κ1) is 14.8. The van der Waals surface area contributed by atoms with Gasteiger partial charge >= 0.3 is 0 Å². The van der Waals surface area contributed by atoms with Crippen molar-refractivity contribution in [2.24, 2.45) is 0 Å². The van der Waals surface area contributed by atoms with Crippen molar-refractivity contribution >= 4 is 17.3 Å². The Balaban J connectivity index is 1.62. The highest BCUT2D eigenvalue weighted by molar-refractivity contribution is 5.86. The molecule has 0 saturated carbocycles. The fourth-order valence-electron chi connectivity index (χ4n) is 3.52. The molecule has 2 aromatic carbocycles. The largest absolute Gasteiger partial charge is 0.489 e. The molecule has 0 unspecified atom stereocenters. The Labute approximate surface area is 140 Å². The Kier molecular flexibility index (Phi) is 3.95. The van der Waals surface area contributed by atoms with E-state index < -0.39 is 0 Å². The minimum Gasteiger partial charge on any atom is -0.489 e. The van der Waals surface area contributed by atoms with Gasteiger partial charge in [0.05, 0.1) is 6.04 Å². The number of carbonyl (C=O) groups is 1. The molecule has 1 aliphatic rings. The van der Waals surface area contributed by atoms with Crippen LogP contribution in [0.2, 0.25) is 0 Å². The maximum atomic E-state index is 10.8. The molecule has 1 aromatic heterocycles. The molecule has 3 aromatic rings. The summed E-state index contributed by atoms with van der Waals surface area (Å²) in [7, 11) is 0. The number of aromatic nitrogens is 1. The maximum absolute atomic E-state index is 10.8. The third-order valence-corrected chi connectivity index (χ3v) is 4.70. The second kappa shape index (κ2) is 6.40. The lowest BCUT2D eigenvalue weighted by Crippen LogP contribution is -2.23. The summed E-state index contributed by atoms with van der Waals surface area (Å²) in [4.78, 5) is 14.3. The summed E-state index contributed by atoms with van der Waals surface area (Å²) < 4.78 is 5.95. The Hall–Kier alpha value is -2.75. The lowest BCUT2D eigenvalue weighted by molar-refractivity contribution is -0.110. The van der Waals surface area contributed by atoms with E-state index in [4.69, 9.17) is 4.74 Å². The van der Waals surface area contributed by atoms with E-state index in [0.29, 0.717) is 6.61 Å². The van der Waals surface area contributed by atoms with Crippen LogP contribution in [0.4, 0.5) is 0 Å². The number of fused-ring (bicyclic) bond motifs is 3. The Bertz CT molecular complexity index is 855. The quantitative estimate of drug-likeness (QED) is 0.701. The molecule has 4 rings (SSSR count). The molecule has 2 N–H and O–H groups in total. The lowest BCUT2D eigenvalue weighted by atomic mass is 9.92. The van der Waals surface area contributed by atoms with Crippen molar-refractivity contribution in [2.75, 3.05) is 0 Å². The van der Waals surface area contributed by atoms with E-state index in [1.165, 1.54) is 10.9 Å². The standard InChI is InChI=1S/C20H20N2O2/c23-13-21-19-8-4-7-16-17-11-15(9-10-18(17)22-20(16)19)24-12-14-5-2-1-3-6-14/h1-3,5-6,9-11,13,19,22H,4,7-8,12H2,(H,21,23)/t19-/m0/s1. The molecule has 0 spiro atoms. The van der Waals surface area contributed by atoms with Crippen molar-refractivity contribution in [3.8, 4) is 5.75 Å². The SMILES string of the molecule is O=CN[C@H]1CCCc2c1[nH]c1ccc(OCc3ccccc3)cc21. The van der Waals surface area contributed by atoms with E-state index in [9.17, 15) is 4.79 Å². The fourth-order valence-corrected chi connectivity index (χ4v) is 3.52. The minimum absolute atomic E-state index is 0.0901. The molecular formula is C20H20N2O2. The molecule has 0 bridgehead atoms. The number of benzene rings is 2. The number of nitrogens with one attached hydrogen (secondary N) is 2. The highest BCUT2D eigenvalue weighted by atomic mass is 16.5. The summed E-state index contributed by atoms with van der Waals surface area (Å²) in [5, 5.41) is 4.12. The zero-order chi connectivity index (χ0) is 16.4. The zero-order valence-corrected chi connectivity index (χ0v) is 13.4. The molecule has 1 amide bonds. The third kappa shape index (κ3) is 2.75. The third-order valence-electron chi connectivity index (χ3n) is 4.70. The molecule has 1 aliphatic carbocycles. The highest BCUT2D eigenvalue weighted by Crippen LogP contribution is 2.36. The number of H-pyrrole nitrogens is 1. The average molecular weight is 320 g/mol. The van der Waals surface area contributed by atoms with Crippen molar-refractivity contribution in [1.29, 1.82) is 0 Å². The number of aromatic amines is 1. The summed E-state index contributed by atoms with van der Waals surface area (Å²) in [6, 6.07) is 16.4. The normalized spacial score (nSPS) is 16.6. The predicted molar refractivity (Wildman–Crippen MR) is 94.0 cm³/mol. The van der Waals surface area contributed by atoms with E-state index in [2.05, 4.69) is 34.6 Å². The van der Waals surface area contributed by atoms with Gasteiger partial charge < -0.3 is 15.0 Å². The summed E-state index contributed by atoms with van der Waals surface area (Å²) in [6.45, 7) is 0.564. The van der Waals surface area contributed by atoms with Crippen molar-refractivity contribution in [2.45, 2.75) is 31.9 Å². The van der Waals surface area contributed by atoms with Crippen molar-refractivity contribution in [3.63, 3.8) is 0 Å². The van der Waals surface area contributed by atoms with Crippen LogP contribution in [0.1, 0.15) is 35.7 Å². The molecule has 4 nitrogen and oxygen atoms in total. The molecule has 1 heterocycles. The van der Waals surface area contributed by atoms with Crippen LogP contribution < -0.4 is 10.1 Å². The van der Waals surface area contributed by atoms with Crippen LogP contribution in [0, 0.1) is 0 Å². The number of carbonyl (C=O) groups excluding carboxylic acids is 1. The minimum atomic E-state index is 0.0901. The van der Waals surface area contributed by atoms with Crippen LogP contribution in [0.5, 0.6) is 5.75 Å². The number of ether oxygens (including phenoxy) is 1. The van der Waals surface area contributed by atoms with Gasteiger partial charge in [-0.25, -0.2) is 0 Å². The van der Waals surface area contributed by atoms with E-state index in [1.807, 2.05) is 24.3 Å². The van der Waals surface area contributed by atoms with Crippen LogP contribution in [0.3, 0.4) is 0 Å². The van der Waals surface area contributed by atoms with Gasteiger partial charge in [-0.15, -0.1) is 0 Å². The van der Waals surface area contributed by atoms with E-state index in [0.717, 1.165) is 48.2 Å². The molecule has 24 heavy (non-hydrogen) atoms. The second-order valence-corrected chi connectivity index (χ2v) is 6.23. The fraction of sp³-hybridized carbons (Fsp3) is 0.250. The van der Waals surface area contributed by atoms with Gasteiger partial charge in [-0.2, -0.15) is 0 Å². The monoisotopic (exact) mass is 320 g/mol. The van der Waals surface area contributed by atoms with Gasteiger partial charge in [0.15, 0.2) is 0 Å². The predicted octanol–water partition coefficient (Wildman–Crippen LogP) is 3.87. The number of hydrogen-bond acceptors (Lipinski definition) is 2. The van der Waals surface area contributed by atoms with E-state index in [1.54, 1.807) is 0 Å². The Morgan fingerprint density at radius 1 is 1.21 bits per heavy atom. The molecule has 0 aliphatic heterocycles. The molecular weight excluding hydrogens is 300 g/mol. The van der Waals surface area contributed by atoms with E-state index >= 15 is 0 Å². The first-order valence-corrected chi connectivity index (χ1v) is 8.36. The van der Waals surface area contributed by atoms with Gasteiger partial charge in [0.25, 0.3) is 0 Å². The Morgan fingerprint density at radius 2 is 2.08 bits per heavy atom. The number of amides is 1. The van der Waals surface area contributed by atoms with Gasteiger partial charge in [-0.3, -0.25) is 4.79 Å². The summed E-state index contributed by atoms with van der Waals surface area (Å²) >= 11 is 0. The highest BCUT2D eigenvalue weighted by Gasteiger charge is 2.23. The van der Waals surface area contributed by atoms with Gasteiger partial charge in [0.1, 0.15) is 12.4 Å². The molecule has 4 heteroatoms. The van der Waals surface area contributed by atoms with Gasteiger partial charge in [-0.1, -0.05) is 30.3 Å². The van der Waals surface area contributed by atoms with Crippen molar-refractivity contribution < 1.29 is 9.53 Å². The molecule has 122 valence electrons. The summed E-state index contributed by atoms with van der Waals surface area (Å²) in [6.07, 6.45) is 3.89. The maximum Gasteiger partial charge on any atom is 0.207 e. The van der Waals surface area contributed by atoms with Gasteiger partial charge in [0, 0.05) is 16.6 Å². The smallest absolute Gasteiger partial charge is 0.207 e. The molecule has 0 radical (unpaired) electrons. The topological polar surface area (TPSA) is 54.1 Å². The molecule has 0 saturated heterocycles. The van der Waals surface area contributed by atoms with Crippen LogP contribution in [0.25, 0.3) is 10.9 Å². The van der Waals surface area contributed by atoms with Crippen molar-refractivity contribution in [3.05, 3.63) is 65.4 Å². The van der Waals surface area contributed by atoms with Crippen LogP contribution >= 0.6 is 0 Å². The van der Waals surface area contributed by atoms with Gasteiger partial charge in [-0.05, 0) is 48.6 Å². The Morgan fingerprint density at radius 3 is 2.92 bits per heavy atom. The van der Waals surface area contributed by atoms with Crippen LogP contribution in [-0.2, 0) is 17.8 Å². The second-order valence-electron chi connectivity index (χ2n) is 6.23. The first-order valence-electron chi connectivity index (χ1n) is 8.36. The lowest BCUT2D eigenvalue weighted by Gasteiger charge is -2.21. The number of rotatable bonds is 5. The first-order chi connectivity index (χ1) is 11.8. The van der Waals surface area contributed by atoms with Crippen LogP contribution in [-0.4, -0.2) is 11.4 Å². The average Bonchev–Trinajstić information content (AvgIpc) is 3.00. The zero-order valence-electron chi connectivity index (χ0n) is 13.4. The van der Waals surface area contributed by atoms with Crippen molar-refractivity contribution in [1.82, 2.24) is 10.3 Å². The molecule has 0 fully saturated rings. The number of aryl methyl sites for hydroxylation is 1. The number of hydrogen-bond donors (Lipinski definition) is 2. The van der Waals surface area contributed by atoms with E-state index in [-0.39, 0.29) is 6.04 Å². The molecule has 1 atom stereocenters.